The maximum atomic E-state index is 12.0. The lowest BCUT2D eigenvalue weighted by Gasteiger charge is -1.96. The van der Waals surface area contributed by atoms with Crippen molar-refractivity contribution in [1.82, 2.24) is 5.32 Å². The minimum atomic E-state index is -0.168. The lowest BCUT2D eigenvalue weighted by atomic mass is 10.2. The number of carbonyl (C=O) groups is 1. The average molecular weight is 489 g/mol. The van der Waals surface area contributed by atoms with E-state index in [1.807, 2.05) is 37.3 Å². The second-order valence-corrected chi connectivity index (χ2v) is 7.45. The van der Waals surface area contributed by atoms with Crippen molar-refractivity contribution in [3.8, 4) is 0 Å². The van der Waals surface area contributed by atoms with Gasteiger partial charge in [0, 0.05) is 28.7 Å². The molecule has 0 saturated carbocycles. The molecular weight excluding hydrogens is 479 g/mol. The summed E-state index contributed by atoms with van der Waals surface area (Å²) in [5, 5.41) is 3.33. The number of amidine groups is 1. The number of hydrogen-bond donors (Lipinski definition) is 1. The number of carbonyl (C=O) groups excluding carboxylic acids is 1. The summed E-state index contributed by atoms with van der Waals surface area (Å²) in [4.78, 5) is 17.0. The van der Waals surface area contributed by atoms with Crippen LogP contribution in [0.3, 0.4) is 0 Å². The van der Waals surface area contributed by atoms with Crippen LogP contribution in [-0.2, 0) is 4.79 Å². The van der Waals surface area contributed by atoms with Crippen molar-refractivity contribution < 1.29 is 9.21 Å². The van der Waals surface area contributed by atoms with Gasteiger partial charge in [-0.05, 0) is 52.8 Å². The van der Waals surface area contributed by atoms with E-state index in [1.165, 1.54) is 17.3 Å². The molecule has 1 aromatic carbocycles. The number of thioether (sulfide) groups is 1. The van der Waals surface area contributed by atoms with Crippen molar-refractivity contribution in [3.05, 3.63) is 54.8 Å². The van der Waals surface area contributed by atoms with Crippen LogP contribution in [0.2, 0.25) is 0 Å². The molecule has 0 atom stereocenters. The Balaban J connectivity index is 1.82. The zero-order valence-electron chi connectivity index (χ0n) is 11.4. The van der Waals surface area contributed by atoms with Crippen LogP contribution in [0.1, 0.15) is 11.3 Å². The molecule has 0 unspecified atom stereocenters. The van der Waals surface area contributed by atoms with E-state index in [0.29, 0.717) is 15.8 Å². The number of aliphatic imine (C=N–C) groups is 1. The number of halogens is 2. The van der Waals surface area contributed by atoms with Gasteiger partial charge in [0.2, 0.25) is 0 Å². The highest BCUT2D eigenvalue weighted by Crippen LogP contribution is 2.30. The monoisotopic (exact) mass is 488 g/mol. The molecule has 112 valence electrons. The van der Waals surface area contributed by atoms with Gasteiger partial charge in [0.25, 0.3) is 5.91 Å². The van der Waals surface area contributed by atoms with E-state index < -0.39 is 0 Å². The Morgan fingerprint density at radius 1 is 1.36 bits per heavy atom. The minimum Gasteiger partial charge on any atom is -0.450 e. The number of nitrogens with one attached hydrogen (secondary N) is 1. The quantitative estimate of drug-likeness (QED) is 0.485. The molecule has 0 aliphatic carbocycles. The summed E-state index contributed by atoms with van der Waals surface area (Å²) in [6.45, 7) is 2.02. The van der Waals surface area contributed by atoms with Gasteiger partial charge in [0.15, 0.2) is 8.93 Å². The third-order valence-electron chi connectivity index (χ3n) is 2.85. The summed E-state index contributed by atoms with van der Waals surface area (Å²) in [7, 11) is 0. The molecule has 3 rings (SSSR count). The molecular formula is C15H10BrIN2O2S. The van der Waals surface area contributed by atoms with Crippen LogP contribution < -0.4 is 5.32 Å². The van der Waals surface area contributed by atoms with E-state index in [4.69, 9.17) is 4.42 Å². The first kappa shape index (κ1) is 15.8. The molecule has 1 amide bonds. The van der Waals surface area contributed by atoms with E-state index in [0.717, 1.165) is 13.9 Å². The Bertz CT molecular complexity index is 777. The van der Waals surface area contributed by atoms with Gasteiger partial charge in [-0.2, -0.15) is 0 Å². The Morgan fingerprint density at radius 3 is 2.73 bits per heavy atom. The van der Waals surface area contributed by atoms with E-state index >= 15 is 0 Å². The Labute approximate surface area is 153 Å². The molecule has 2 heterocycles. The number of amides is 1. The minimum absolute atomic E-state index is 0.168. The van der Waals surface area contributed by atoms with Crippen LogP contribution in [0, 0.1) is 10.7 Å². The van der Waals surface area contributed by atoms with E-state index in [2.05, 4.69) is 48.8 Å². The van der Waals surface area contributed by atoms with E-state index in [-0.39, 0.29) is 5.91 Å². The smallest absolute Gasteiger partial charge is 0.264 e. The second kappa shape index (κ2) is 6.59. The van der Waals surface area contributed by atoms with Crippen LogP contribution in [0.5, 0.6) is 0 Å². The predicted molar refractivity (Wildman–Crippen MR) is 101 cm³/mol. The summed E-state index contributed by atoms with van der Waals surface area (Å²) in [6, 6.07) is 9.64. The van der Waals surface area contributed by atoms with Crippen molar-refractivity contribution in [2.45, 2.75) is 6.92 Å². The van der Waals surface area contributed by atoms with Crippen molar-refractivity contribution >= 4 is 73.1 Å². The van der Waals surface area contributed by atoms with Gasteiger partial charge in [0.05, 0.1) is 15.1 Å². The van der Waals surface area contributed by atoms with Gasteiger partial charge < -0.3 is 9.73 Å². The molecule has 2 aromatic rings. The first-order valence-corrected chi connectivity index (χ1v) is 9.01. The highest BCUT2D eigenvalue weighted by Gasteiger charge is 2.24. The largest absolute Gasteiger partial charge is 0.450 e. The molecule has 1 aliphatic heterocycles. The molecule has 1 aromatic heterocycles. The topological polar surface area (TPSA) is 54.6 Å². The average Bonchev–Trinajstić information content (AvgIpc) is 2.96. The zero-order valence-corrected chi connectivity index (χ0v) is 16.0. The summed E-state index contributed by atoms with van der Waals surface area (Å²) in [5.41, 5.74) is 1.98. The van der Waals surface area contributed by atoms with Crippen LogP contribution in [-0.4, -0.2) is 11.1 Å². The SMILES string of the molecule is Cc1ccc(N=C2NC(=O)/C(=C/c3cc(Br)c(I)o3)S2)cc1. The molecule has 4 nitrogen and oxygen atoms in total. The first-order chi connectivity index (χ1) is 10.5. The fourth-order valence-corrected chi connectivity index (χ4v) is 3.32. The predicted octanol–water partition coefficient (Wildman–Crippen LogP) is 4.85. The van der Waals surface area contributed by atoms with Crippen molar-refractivity contribution in [3.63, 3.8) is 0 Å². The maximum absolute atomic E-state index is 12.0. The number of rotatable bonds is 2. The fraction of sp³-hybridized carbons (Fsp3) is 0.0667. The molecule has 7 heteroatoms. The van der Waals surface area contributed by atoms with Gasteiger partial charge >= 0.3 is 0 Å². The molecule has 0 bridgehead atoms. The van der Waals surface area contributed by atoms with Crippen LogP contribution in [0.25, 0.3) is 6.08 Å². The van der Waals surface area contributed by atoms with Crippen LogP contribution in [0.4, 0.5) is 5.69 Å². The zero-order chi connectivity index (χ0) is 15.7. The number of hydrogen-bond acceptors (Lipinski definition) is 4. The van der Waals surface area contributed by atoms with Crippen LogP contribution >= 0.6 is 50.3 Å². The lowest BCUT2D eigenvalue weighted by Crippen LogP contribution is -2.19. The van der Waals surface area contributed by atoms with Crippen molar-refractivity contribution in [2.24, 2.45) is 4.99 Å². The van der Waals surface area contributed by atoms with Crippen molar-refractivity contribution in [1.29, 1.82) is 0 Å². The van der Waals surface area contributed by atoms with Crippen molar-refractivity contribution in [2.75, 3.05) is 0 Å². The maximum Gasteiger partial charge on any atom is 0.264 e. The van der Waals surface area contributed by atoms with Gasteiger partial charge in [0.1, 0.15) is 5.76 Å². The Morgan fingerprint density at radius 2 is 2.09 bits per heavy atom. The summed E-state index contributed by atoms with van der Waals surface area (Å²) in [6.07, 6.45) is 1.71. The Kier molecular flexibility index (Phi) is 4.74. The van der Waals surface area contributed by atoms with Gasteiger partial charge in [-0.15, -0.1) is 0 Å². The molecule has 1 fully saturated rings. The first-order valence-electron chi connectivity index (χ1n) is 6.32. The number of aryl methyl sites for hydroxylation is 1. The third kappa shape index (κ3) is 3.64. The fourth-order valence-electron chi connectivity index (χ4n) is 1.78. The number of nitrogens with zero attached hydrogens (tertiary/aromatic N) is 1. The lowest BCUT2D eigenvalue weighted by molar-refractivity contribution is -0.115. The molecule has 0 radical (unpaired) electrons. The second-order valence-electron chi connectivity index (χ2n) is 4.59. The van der Waals surface area contributed by atoms with Gasteiger partial charge in [-0.3, -0.25) is 4.79 Å². The number of benzene rings is 1. The molecule has 0 spiro atoms. The van der Waals surface area contributed by atoms with E-state index in [1.54, 1.807) is 6.08 Å². The third-order valence-corrected chi connectivity index (χ3v) is 5.89. The molecule has 1 N–H and O–H groups in total. The highest BCUT2D eigenvalue weighted by atomic mass is 127. The van der Waals surface area contributed by atoms with Gasteiger partial charge in [-0.1, -0.05) is 17.7 Å². The summed E-state index contributed by atoms with van der Waals surface area (Å²) in [5.74, 6) is 0.462. The summed E-state index contributed by atoms with van der Waals surface area (Å²) >= 11 is 6.77. The van der Waals surface area contributed by atoms with Gasteiger partial charge in [-0.25, -0.2) is 4.99 Å². The normalized spacial score (nSPS) is 18.2. The standard InChI is InChI=1S/C15H10BrIN2O2S/c1-8-2-4-9(5-3-8)18-15-19-14(20)12(22-15)7-10-6-11(16)13(17)21-10/h2-7H,1H3,(H,18,19,20)/b12-7-. The molecule has 22 heavy (non-hydrogen) atoms. The summed E-state index contributed by atoms with van der Waals surface area (Å²) < 4.78 is 7.14. The number of furan rings is 1. The van der Waals surface area contributed by atoms with E-state index in [9.17, 15) is 4.79 Å². The molecule has 1 saturated heterocycles. The Hall–Kier alpha value is -1.06. The highest BCUT2D eigenvalue weighted by molar-refractivity contribution is 14.1. The van der Waals surface area contributed by atoms with Crippen LogP contribution in [0.15, 0.2) is 49.1 Å². The molecule has 1 aliphatic rings.